The van der Waals surface area contributed by atoms with Crippen LogP contribution in [0, 0.1) is 11.8 Å². The number of amides is 1. The minimum absolute atomic E-state index is 0.0508. The highest BCUT2D eigenvalue weighted by molar-refractivity contribution is 7.89. The van der Waals surface area contributed by atoms with E-state index in [1.165, 1.54) is 12.1 Å². The van der Waals surface area contributed by atoms with Crippen molar-refractivity contribution in [3.8, 4) is 0 Å². The Labute approximate surface area is 193 Å². The number of benzene rings is 1. The van der Waals surface area contributed by atoms with Crippen LogP contribution in [0.4, 0.5) is 0 Å². The number of nitrogens with zero attached hydrogens (tertiary/aromatic N) is 1. The van der Waals surface area contributed by atoms with Crippen LogP contribution in [0.3, 0.4) is 0 Å². The highest BCUT2D eigenvalue weighted by Crippen LogP contribution is 2.19. The summed E-state index contributed by atoms with van der Waals surface area (Å²) < 4.78 is 28.1. The van der Waals surface area contributed by atoms with Crippen molar-refractivity contribution in [2.75, 3.05) is 6.54 Å². The van der Waals surface area contributed by atoms with E-state index in [-0.39, 0.29) is 23.7 Å². The van der Waals surface area contributed by atoms with E-state index in [0.29, 0.717) is 18.7 Å². The fourth-order valence-electron chi connectivity index (χ4n) is 3.83. The van der Waals surface area contributed by atoms with Crippen LogP contribution < -0.4 is 10.0 Å². The lowest BCUT2D eigenvalue weighted by Crippen LogP contribution is -2.46. The number of nitrogens with one attached hydrogen (secondary N) is 3. The van der Waals surface area contributed by atoms with Gasteiger partial charge in [-0.05, 0) is 37.3 Å². The van der Waals surface area contributed by atoms with Gasteiger partial charge in [0.1, 0.15) is 5.82 Å². The molecule has 1 aromatic heterocycles. The zero-order valence-electron chi connectivity index (χ0n) is 18.8. The van der Waals surface area contributed by atoms with Gasteiger partial charge in [0.15, 0.2) is 5.78 Å². The SMILES string of the molecule is CC(C)C(NS(=O)(=O)c1ccccc1)C(=O)CC1Cc2cnc([nH]2)CCCCNC(=O)C1=O. The molecule has 0 radical (unpaired) electrons. The van der Waals surface area contributed by atoms with Gasteiger partial charge in [0.25, 0.3) is 5.91 Å². The highest BCUT2D eigenvalue weighted by Gasteiger charge is 2.34. The molecule has 33 heavy (non-hydrogen) atoms. The van der Waals surface area contributed by atoms with E-state index in [0.717, 1.165) is 18.7 Å². The van der Waals surface area contributed by atoms with Gasteiger partial charge in [0, 0.05) is 37.2 Å². The lowest BCUT2D eigenvalue weighted by Gasteiger charge is -2.23. The third-order valence-electron chi connectivity index (χ3n) is 5.66. The summed E-state index contributed by atoms with van der Waals surface area (Å²) >= 11 is 0. The smallest absolute Gasteiger partial charge is 0.287 e. The molecule has 178 valence electrons. The van der Waals surface area contributed by atoms with Crippen molar-refractivity contribution in [2.24, 2.45) is 11.8 Å². The molecule has 1 aromatic carbocycles. The first-order chi connectivity index (χ1) is 15.7. The summed E-state index contributed by atoms with van der Waals surface area (Å²) in [5, 5.41) is 2.62. The predicted molar refractivity (Wildman–Crippen MR) is 122 cm³/mol. The van der Waals surface area contributed by atoms with Crippen LogP contribution in [0.25, 0.3) is 0 Å². The lowest BCUT2D eigenvalue weighted by atomic mass is 9.88. The number of fused-ring (bicyclic) bond motifs is 2. The van der Waals surface area contributed by atoms with Gasteiger partial charge in [-0.3, -0.25) is 14.4 Å². The Hall–Kier alpha value is -2.85. The van der Waals surface area contributed by atoms with Gasteiger partial charge in [0.2, 0.25) is 15.8 Å². The second-order valence-electron chi connectivity index (χ2n) is 8.66. The third kappa shape index (κ3) is 6.58. The van der Waals surface area contributed by atoms with E-state index < -0.39 is 39.5 Å². The molecular weight excluding hydrogens is 444 g/mol. The predicted octanol–water partition coefficient (Wildman–Crippen LogP) is 1.55. The molecule has 9 nitrogen and oxygen atoms in total. The van der Waals surface area contributed by atoms with Crippen LogP contribution in [-0.2, 0) is 37.2 Å². The second-order valence-corrected chi connectivity index (χ2v) is 10.4. The molecule has 0 fully saturated rings. The van der Waals surface area contributed by atoms with Gasteiger partial charge in [-0.1, -0.05) is 32.0 Å². The number of ketones is 2. The lowest BCUT2D eigenvalue weighted by molar-refractivity contribution is -0.141. The van der Waals surface area contributed by atoms with E-state index in [2.05, 4.69) is 20.0 Å². The molecular formula is C23H30N4O5S. The van der Waals surface area contributed by atoms with Crippen molar-refractivity contribution in [1.82, 2.24) is 20.0 Å². The van der Waals surface area contributed by atoms with Crippen LogP contribution in [-0.4, -0.2) is 48.4 Å². The topological polar surface area (TPSA) is 138 Å². The normalized spacial score (nSPS) is 18.8. The number of aryl methyl sites for hydroxylation is 1. The van der Waals surface area contributed by atoms with Gasteiger partial charge < -0.3 is 10.3 Å². The molecule has 2 heterocycles. The average molecular weight is 475 g/mol. The van der Waals surface area contributed by atoms with E-state index in [1.807, 2.05) is 0 Å². The van der Waals surface area contributed by atoms with Crippen molar-refractivity contribution < 1.29 is 22.8 Å². The Morgan fingerprint density at radius 2 is 1.91 bits per heavy atom. The molecule has 1 aliphatic rings. The Morgan fingerprint density at radius 3 is 2.61 bits per heavy atom. The number of aromatic nitrogens is 2. The standard InChI is InChI=1S/C23H30N4O5S/c1-15(2)21(27-33(31,32)18-8-4-3-5-9-18)19(28)13-16-12-17-14-25-20(26-17)10-6-7-11-24-23(30)22(16)29/h3-5,8-9,14-16,21,27H,6-7,10-13H2,1-2H3,(H,24,30)(H,25,26). The summed E-state index contributed by atoms with van der Waals surface area (Å²) in [6.07, 6.45) is 3.75. The Bertz CT molecular complexity index is 1100. The Morgan fingerprint density at radius 1 is 1.18 bits per heavy atom. The maximum absolute atomic E-state index is 13.2. The van der Waals surface area contributed by atoms with Crippen LogP contribution in [0.1, 0.15) is 44.6 Å². The van der Waals surface area contributed by atoms with E-state index in [1.54, 1.807) is 38.2 Å². The summed E-state index contributed by atoms with van der Waals surface area (Å²) in [6, 6.07) is 6.75. The first kappa shape index (κ1) is 24.8. The fraction of sp³-hybridized carbons (Fsp3) is 0.478. The highest BCUT2D eigenvalue weighted by atomic mass is 32.2. The summed E-state index contributed by atoms with van der Waals surface area (Å²) in [4.78, 5) is 46.0. The van der Waals surface area contributed by atoms with Gasteiger partial charge in [0.05, 0.1) is 10.9 Å². The van der Waals surface area contributed by atoms with Crippen molar-refractivity contribution in [1.29, 1.82) is 0 Å². The largest absolute Gasteiger partial charge is 0.349 e. The maximum atomic E-state index is 13.2. The van der Waals surface area contributed by atoms with Crippen molar-refractivity contribution >= 4 is 27.5 Å². The minimum atomic E-state index is -3.93. The summed E-state index contributed by atoms with van der Waals surface area (Å²) in [5.41, 5.74) is 0.662. The molecule has 1 aliphatic heterocycles. The van der Waals surface area contributed by atoms with E-state index in [9.17, 15) is 22.8 Å². The number of hydrogen-bond acceptors (Lipinski definition) is 6. The number of hydrogen-bond donors (Lipinski definition) is 3. The molecule has 2 atom stereocenters. The fourth-order valence-corrected chi connectivity index (χ4v) is 5.22. The summed E-state index contributed by atoms with van der Waals surface area (Å²) in [6.45, 7) is 3.82. The molecule has 2 aromatic rings. The molecule has 10 heteroatoms. The number of imidazole rings is 1. The Kier molecular flexibility index (Phi) is 8.15. The van der Waals surface area contributed by atoms with Crippen LogP contribution in [0.2, 0.25) is 0 Å². The number of sulfonamides is 1. The average Bonchev–Trinajstić information content (AvgIpc) is 3.23. The second kappa shape index (κ2) is 10.8. The first-order valence-electron chi connectivity index (χ1n) is 11.1. The summed E-state index contributed by atoms with van der Waals surface area (Å²) in [7, 11) is -3.93. The molecule has 0 saturated heterocycles. The van der Waals surface area contributed by atoms with Crippen LogP contribution >= 0.6 is 0 Å². The van der Waals surface area contributed by atoms with Gasteiger partial charge in [-0.2, -0.15) is 0 Å². The number of rotatable bonds is 7. The van der Waals surface area contributed by atoms with Gasteiger partial charge in [-0.25, -0.2) is 18.1 Å². The number of aromatic amines is 1. The molecule has 2 unspecified atom stereocenters. The Balaban J connectivity index is 1.81. The minimum Gasteiger partial charge on any atom is -0.349 e. The quantitative estimate of drug-likeness (QED) is 0.521. The van der Waals surface area contributed by atoms with Gasteiger partial charge in [-0.15, -0.1) is 0 Å². The first-order valence-corrected chi connectivity index (χ1v) is 12.6. The van der Waals surface area contributed by atoms with Crippen molar-refractivity contribution in [3.05, 3.63) is 48.0 Å². The molecule has 0 aliphatic carbocycles. The molecule has 1 amide bonds. The zero-order chi connectivity index (χ0) is 24.0. The number of carbonyl (C=O) groups is 3. The van der Waals surface area contributed by atoms with E-state index >= 15 is 0 Å². The maximum Gasteiger partial charge on any atom is 0.287 e. The number of Topliss-reactive ketones (excluding diaryl/α,β-unsaturated/α-hetero) is 2. The molecule has 2 bridgehead atoms. The molecule has 3 rings (SSSR count). The molecule has 0 saturated carbocycles. The third-order valence-corrected chi connectivity index (χ3v) is 7.12. The monoisotopic (exact) mass is 474 g/mol. The van der Waals surface area contributed by atoms with Crippen LogP contribution in [0.5, 0.6) is 0 Å². The van der Waals surface area contributed by atoms with Gasteiger partial charge >= 0.3 is 0 Å². The van der Waals surface area contributed by atoms with Crippen molar-refractivity contribution in [3.63, 3.8) is 0 Å². The molecule has 3 N–H and O–H groups in total. The van der Waals surface area contributed by atoms with Crippen molar-refractivity contribution in [2.45, 2.75) is 56.9 Å². The molecule has 0 spiro atoms. The number of carbonyl (C=O) groups excluding carboxylic acids is 3. The van der Waals surface area contributed by atoms with E-state index in [4.69, 9.17) is 0 Å². The zero-order valence-corrected chi connectivity index (χ0v) is 19.7. The summed E-state index contributed by atoms with van der Waals surface area (Å²) in [5.74, 6) is -2.34. The number of H-pyrrole nitrogens is 1. The van der Waals surface area contributed by atoms with Crippen LogP contribution in [0.15, 0.2) is 41.4 Å².